The van der Waals surface area contributed by atoms with Gasteiger partial charge in [-0.3, -0.25) is 4.79 Å². The standard InChI is InChI=1S/C15H10F3NO2/c1-7-3-2-4-8-9-5-6-10(14(21)15(16,17)18)13(20)12(9)19-11(7)8/h2-6,19-20H,1H3. The average Bonchev–Trinajstić information content (AvgIpc) is 2.79. The molecule has 0 atom stereocenters. The number of para-hydroxylation sites is 1. The minimum absolute atomic E-state index is 0.134. The molecular formula is C15H10F3NO2. The van der Waals surface area contributed by atoms with Crippen molar-refractivity contribution < 1.29 is 23.1 Å². The predicted molar refractivity (Wildman–Crippen MR) is 72.6 cm³/mol. The van der Waals surface area contributed by atoms with Crippen LogP contribution in [-0.4, -0.2) is 22.1 Å². The summed E-state index contributed by atoms with van der Waals surface area (Å²) in [6, 6.07) is 7.87. The molecule has 1 aromatic heterocycles. The second kappa shape index (κ2) is 4.25. The Morgan fingerprint density at radius 1 is 1.10 bits per heavy atom. The lowest BCUT2D eigenvalue weighted by Crippen LogP contribution is -2.22. The van der Waals surface area contributed by atoms with Crippen LogP contribution in [-0.2, 0) is 0 Å². The van der Waals surface area contributed by atoms with Crippen molar-refractivity contribution >= 4 is 27.6 Å². The van der Waals surface area contributed by atoms with E-state index in [1.807, 2.05) is 19.1 Å². The normalized spacial score (nSPS) is 12.2. The van der Waals surface area contributed by atoms with Gasteiger partial charge >= 0.3 is 6.18 Å². The Balaban J connectivity index is 2.34. The number of aryl methyl sites for hydroxylation is 1. The number of hydrogen-bond donors (Lipinski definition) is 2. The number of halogens is 3. The minimum Gasteiger partial charge on any atom is -0.505 e. The summed E-state index contributed by atoms with van der Waals surface area (Å²) in [6.45, 7) is 1.84. The molecule has 0 fully saturated rings. The molecular weight excluding hydrogens is 283 g/mol. The molecule has 0 bridgehead atoms. The fourth-order valence-corrected chi connectivity index (χ4v) is 2.46. The lowest BCUT2D eigenvalue weighted by molar-refractivity contribution is -0.0886. The number of carbonyl (C=O) groups excluding carboxylic acids is 1. The van der Waals surface area contributed by atoms with Crippen LogP contribution in [0.1, 0.15) is 15.9 Å². The molecule has 0 aliphatic carbocycles. The van der Waals surface area contributed by atoms with Crippen LogP contribution in [0.25, 0.3) is 21.8 Å². The van der Waals surface area contributed by atoms with Gasteiger partial charge in [-0.25, -0.2) is 0 Å². The Morgan fingerprint density at radius 2 is 1.76 bits per heavy atom. The van der Waals surface area contributed by atoms with Crippen LogP contribution >= 0.6 is 0 Å². The van der Waals surface area contributed by atoms with Crippen molar-refractivity contribution in [3.8, 4) is 5.75 Å². The van der Waals surface area contributed by atoms with Crippen molar-refractivity contribution in [2.45, 2.75) is 13.1 Å². The lowest BCUT2D eigenvalue weighted by Gasteiger charge is -2.07. The quantitative estimate of drug-likeness (QED) is 0.664. The van der Waals surface area contributed by atoms with Gasteiger partial charge in [0.2, 0.25) is 0 Å². The number of H-pyrrole nitrogens is 1. The van der Waals surface area contributed by atoms with Gasteiger partial charge in [0.15, 0.2) is 5.75 Å². The molecule has 108 valence electrons. The summed E-state index contributed by atoms with van der Waals surface area (Å²) >= 11 is 0. The van der Waals surface area contributed by atoms with Crippen molar-refractivity contribution in [2.75, 3.05) is 0 Å². The lowest BCUT2D eigenvalue weighted by atomic mass is 10.0. The molecule has 2 N–H and O–H groups in total. The van der Waals surface area contributed by atoms with E-state index in [4.69, 9.17) is 0 Å². The monoisotopic (exact) mass is 293 g/mol. The third-order valence-electron chi connectivity index (χ3n) is 3.49. The zero-order chi connectivity index (χ0) is 15.4. The van der Waals surface area contributed by atoms with Crippen LogP contribution < -0.4 is 0 Å². The number of carbonyl (C=O) groups is 1. The summed E-state index contributed by atoms with van der Waals surface area (Å²) in [6.07, 6.45) is -5.02. The molecule has 0 aliphatic rings. The summed E-state index contributed by atoms with van der Waals surface area (Å²) in [5, 5.41) is 11.4. The number of phenols is 1. The molecule has 3 aromatic rings. The molecule has 21 heavy (non-hydrogen) atoms. The topological polar surface area (TPSA) is 53.1 Å². The number of aromatic amines is 1. The van der Waals surface area contributed by atoms with E-state index in [9.17, 15) is 23.1 Å². The highest BCUT2D eigenvalue weighted by molar-refractivity contribution is 6.14. The zero-order valence-electron chi connectivity index (χ0n) is 10.9. The van der Waals surface area contributed by atoms with Crippen LogP contribution in [0.4, 0.5) is 13.2 Å². The van der Waals surface area contributed by atoms with E-state index < -0.39 is 23.3 Å². The number of aromatic nitrogens is 1. The molecule has 2 aromatic carbocycles. The summed E-state index contributed by atoms with van der Waals surface area (Å²) in [5.41, 5.74) is 1.000. The largest absolute Gasteiger partial charge is 0.505 e. The first-order valence-electron chi connectivity index (χ1n) is 6.15. The Bertz CT molecular complexity index is 878. The van der Waals surface area contributed by atoms with E-state index in [-0.39, 0.29) is 5.52 Å². The fraction of sp³-hybridized carbons (Fsp3) is 0.133. The molecule has 0 saturated carbocycles. The average molecular weight is 293 g/mol. The van der Waals surface area contributed by atoms with Crippen molar-refractivity contribution in [1.29, 1.82) is 0 Å². The van der Waals surface area contributed by atoms with E-state index in [2.05, 4.69) is 4.98 Å². The molecule has 0 saturated heterocycles. The first-order valence-corrected chi connectivity index (χ1v) is 6.15. The number of ketones is 1. The van der Waals surface area contributed by atoms with Crippen molar-refractivity contribution in [2.24, 2.45) is 0 Å². The van der Waals surface area contributed by atoms with Crippen LogP contribution in [0, 0.1) is 6.92 Å². The van der Waals surface area contributed by atoms with Gasteiger partial charge in [0.05, 0.1) is 11.1 Å². The zero-order valence-corrected chi connectivity index (χ0v) is 10.9. The number of benzene rings is 2. The molecule has 0 aliphatic heterocycles. The first kappa shape index (κ1) is 13.5. The molecule has 0 radical (unpaired) electrons. The van der Waals surface area contributed by atoms with Gasteiger partial charge in [-0.1, -0.05) is 24.3 Å². The molecule has 0 amide bonds. The van der Waals surface area contributed by atoms with Crippen molar-refractivity contribution in [1.82, 2.24) is 4.98 Å². The van der Waals surface area contributed by atoms with Gasteiger partial charge in [0.25, 0.3) is 5.78 Å². The van der Waals surface area contributed by atoms with Crippen molar-refractivity contribution in [3.05, 3.63) is 41.5 Å². The number of nitrogens with one attached hydrogen (secondary N) is 1. The number of rotatable bonds is 1. The highest BCUT2D eigenvalue weighted by atomic mass is 19.4. The van der Waals surface area contributed by atoms with Gasteiger partial charge < -0.3 is 10.1 Å². The number of Topliss-reactive ketones (excluding diaryl/α,β-unsaturated/α-hetero) is 1. The van der Waals surface area contributed by atoms with Crippen LogP contribution in [0.5, 0.6) is 5.75 Å². The summed E-state index contributed by atoms with van der Waals surface area (Å²) in [5.74, 6) is -2.73. The molecule has 3 rings (SSSR count). The van der Waals surface area contributed by atoms with Crippen LogP contribution in [0.3, 0.4) is 0 Å². The Hall–Kier alpha value is -2.50. The third kappa shape index (κ3) is 1.94. The molecule has 6 heteroatoms. The minimum atomic E-state index is -5.02. The summed E-state index contributed by atoms with van der Waals surface area (Å²) in [7, 11) is 0. The third-order valence-corrected chi connectivity index (χ3v) is 3.49. The number of phenolic OH excluding ortho intramolecular Hbond substituents is 1. The first-order chi connectivity index (χ1) is 9.80. The number of alkyl halides is 3. The Morgan fingerprint density at radius 3 is 2.43 bits per heavy atom. The van der Waals surface area contributed by atoms with Gasteiger partial charge in [-0.2, -0.15) is 13.2 Å². The SMILES string of the molecule is Cc1cccc2c1[nH]c1c(O)c(C(=O)C(F)(F)F)ccc12. The van der Waals surface area contributed by atoms with E-state index >= 15 is 0 Å². The van der Waals surface area contributed by atoms with Gasteiger partial charge in [-0.15, -0.1) is 0 Å². The van der Waals surface area contributed by atoms with Crippen LogP contribution in [0.15, 0.2) is 30.3 Å². The molecule has 0 spiro atoms. The molecule has 0 unspecified atom stereocenters. The second-order valence-corrected chi connectivity index (χ2v) is 4.83. The summed E-state index contributed by atoms with van der Waals surface area (Å²) in [4.78, 5) is 14.2. The van der Waals surface area contributed by atoms with Crippen LogP contribution in [0.2, 0.25) is 0 Å². The van der Waals surface area contributed by atoms with E-state index in [0.29, 0.717) is 5.39 Å². The maximum Gasteiger partial charge on any atom is 0.455 e. The highest BCUT2D eigenvalue weighted by Gasteiger charge is 2.41. The van der Waals surface area contributed by atoms with Crippen molar-refractivity contribution in [3.63, 3.8) is 0 Å². The maximum atomic E-state index is 12.5. The summed E-state index contributed by atoms with van der Waals surface area (Å²) < 4.78 is 37.5. The number of fused-ring (bicyclic) bond motifs is 3. The maximum absolute atomic E-state index is 12.5. The number of aromatic hydroxyl groups is 1. The van der Waals surface area contributed by atoms with Gasteiger partial charge in [-0.05, 0) is 18.6 Å². The predicted octanol–water partition coefficient (Wildman–Crippen LogP) is 4.08. The van der Waals surface area contributed by atoms with Gasteiger partial charge in [0, 0.05) is 16.3 Å². The Labute approximate surface area is 117 Å². The highest BCUT2D eigenvalue weighted by Crippen LogP contribution is 2.36. The second-order valence-electron chi connectivity index (χ2n) is 4.83. The molecule has 1 heterocycles. The van der Waals surface area contributed by atoms with E-state index in [1.54, 1.807) is 6.07 Å². The van der Waals surface area contributed by atoms with E-state index in [1.165, 1.54) is 6.07 Å². The van der Waals surface area contributed by atoms with E-state index in [0.717, 1.165) is 22.5 Å². The number of hydrogen-bond acceptors (Lipinski definition) is 2. The van der Waals surface area contributed by atoms with Gasteiger partial charge in [0.1, 0.15) is 0 Å². The Kier molecular flexibility index (Phi) is 2.73. The smallest absolute Gasteiger partial charge is 0.455 e. The molecule has 3 nitrogen and oxygen atoms in total. The fourth-order valence-electron chi connectivity index (χ4n) is 2.46.